The van der Waals surface area contributed by atoms with Crippen LogP contribution in [0, 0.1) is 12.8 Å². The molecule has 5 nitrogen and oxygen atoms in total. The van der Waals surface area contributed by atoms with Crippen molar-refractivity contribution in [2.75, 3.05) is 5.32 Å². The van der Waals surface area contributed by atoms with Crippen LogP contribution in [0.2, 0.25) is 0 Å². The van der Waals surface area contributed by atoms with E-state index in [0.29, 0.717) is 30.1 Å². The molecule has 1 amide bonds. The van der Waals surface area contributed by atoms with E-state index >= 15 is 0 Å². The quantitative estimate of drug-likeness (QED) is 0.631. The lowest BCUT2D eigenvalue weighted by atomic mass is 9.60. The van der Waals surface area contributed by atoms with Gasteiger partial charge in [0.05, 0.1) is 16.9 Å². The second-order valence-electron chi connectivity index (χ2n) is 9.30. The lowest BCUT2D eigenvalue weighted by Gasteiger charge is -2.43. The summed E-state index contributed by atoms with van der Waals surface area (Å²) in [4.78, 5) is 29.8. The number of rotatable bonds is 4. The van der Waals surface area contributed by atoms with Gasteiger partial charge in [-0.2, -0.15) is 0 Å². The number of aromatic nitrogens is 2. The van der Waals surface area contributed by atoms with Crippen LogP contribution in [0.5, 0.6) is 0 Å². The second kappa shape index (κ2) is 8.38. The van der Waals surface area contributed by atoms with Crippen molar-refractivity contribution in [3.05, 3.63) is 83.4 Å². The molecule has 0 saturated heterocycles. The molecule has 0 radical (unpaired) electrons. The third-order valence-electron chi connectivity index (χ3n) is 7.34. The van der Waals surface area contributed by atoms with E-state index in [1.165, 1.54) is 11.3 Å². The summed E-state index contributed by atoms with van der Waals surface area (Å²) in [7, 11) is 0. The molecule has 5 rings (SSSR count). The molecule has 1 aromatic carbocycles. The molecule has 1 aliphatic heterocycles. The van der Waals surface area contributed by atoms with Gasteiger partial charge in [0.15, 0.2) is 0 Å². The smallest absolute Gasteiger partial charge is 0.257 e. The van der Waals surface area contributed by atoms with Crippen LogP contribution in [0.25, 0.3) is 0 Å². The fourth-order valence-corrected chi connectivity index (χ4v) is 5.70. The van der Waals surface area contributed by atoms with E-state index in [1.54, 1.807) is 6.20 Å². The highest BCUT2D eigenvalue weighted by molar-refractivity contribution is 6.04. The average molecular weight is 428 g/mol. The van der Waals surface area contributed by atoms with Crippen molar-refractivity contribution < 1.29 is 9.59 Å². The molecule has 164 valence electrons. The molecule has 1 N–H and O–H groups in total. The van der Waals surface area contributed by atoms with Crippen molar-refractivity contribution in [2.24, 2.45) is 5.92 Å². The number of nitrogens with one attached hydrogen (secondary N) is 1. The van der Waals surface area contributed by atoms with Gasteiger partial charge in [0.1, 0.15) is 5.78 Å². The summed E-state index contributed by atoms with van der Waals surface area (Å²) in [6.07, 6.45) is 8.82. The lowest BCUT2D eigenvalue weighted by molar-refractivity contribution is -0.123. The summed E-state index contributed by atoms with van der Waals surface area (Å²) < 4.78 is 2.28. The molecule has 2 aliphatic rings. The second-order valence-corrected chi connectivity index (χ2v) is 9.30. The van der Waals surface area contributed by atoms with Crippen LogP contribution in [0.15, 0.2) is 60.9 Å². The number of hydrogen-bond acceptors (Lipinski definition) is 3. The van der Waals surface area contributed by atoms with Crippen molar-refractivity contribution in [2.45, 2.75) is 57.4 Å². The lowest BCUT2D eigenvalue weighted by Crippen LogP contribution is -2.43. The van der Waals surface area contributed by atoms with Crippen LogP contribution in [0.1, 0.15) is 59.4 Å². The summed E-state index contributed by atoms with van der Waals surface area (Å²) in [5, 5.41) is 3.02. The number of amides is 1. The number of carbonyl (C=O) groups is 2. The Labute approximate surface area is 188 Å². The van der Waals surface area contributed by atoms with Gasteiger partial charge in [-0.25, -0.2) is 0 Å². The number of Topliss-reactive ketones (excluding diaryl/α,β-unsaturated/α-hetero) is 1. The first kappa shape index (κ1) is 20.7. The predicted octanol–water partition coefficient (Wildman–Crippen LogP) is 5.09. The van der Waals surface area contributed by atoms with Crippen LogP contribution in [0.3, 0.4) is 0 Å². The summed E-state index contributed by atoms with van der Waals surface area (Å²) in [6.45, 7) is 2.78. The molecular weight excluding hydrogens is 398 g/mol. The fraction of sp³-hybridized carbons (Fsp3) is 0.370. The zero-order valence-corrected chi connectivity index (χ0v) is 18.5. The van der Waals surface area contributed by atoms with E-state index in [-0.39, 0.29) is 11.3 Å². The third-order valence-corrected chi connectivity index (χ3v) is 7.34. The Hall–Kier alpha value is -3.21. The van der Waals surface area contributed by atoms with Crippen molar-refractivity contribution in [1.82, 2.24) is 9.55 Å². The predicted molar refractivity (Wildman–Crippen MR) is 125 cm³/mol. The number of pyridine rings is 1. The van der Waals surface area contributed by atoms with Gasteiger partial charge in [0.25, 0.3) is 5.91 Å². The summed E-state index contributed by atoms with van der Waals surface area (Å²) in [5.41, 5.74) is 4.59. The molecule has 0 spiro atoms. The molecule has 1 saturated carbocycles. The monoisotopic (exact) mass is 427 g/mol. The Balaban J connectivity index is 1.53. The minimum absolute atomic E-state index is 0.111. The van der Waals surface area contributed by atoms with Gasteiger partial charge in [0.2, 0.25) is 0 Å². The van der Waals surface area contributed by atoms with Gasteiger partial charge in [-0.3, -0.25) is 14.6 Å². The van der Waals surface area contributed by atoms with Gasteiger partial charge in [-0.05, 0) is 62.3 Å². The Bertz CT molecular complexity index is 1150. The molecule has 1 fully saturated rings. The number of carbonyl (C=O) groups excluding carboxylic acids is 2. The molecular formula is C27H29N3O2. The molecule has 3 heterocycles. The molecule has 0 unspecified atom stereocenters. The zero-order chi connectivity index (χ0) is 22.1. The maximum atomic E-state index is 13.1. The molecule has 2 atom stereocenters. The van der Waals surface area contributed by atoms with E-state index in [4.69, 9.17) is 0 Å². The maximum absolute atomic E-state index is 13.1. The highest BCUT2D eigenvalue weighted by Gasteiger charge is 2.47. The number of aryl methyl sites for hydroxylation is 2. The molecule has 32 heavy (non-hydrogen) atoms. The van der Waals surface area contributed by atoms with Gasteiger partial charge < -0.3 is 9.88 Å². The Morgan fingerprint density at radius 2 is 2.06 bits per heavy atom. The minimum atomic E-state index is -0.117. The first-order chi connectivity index (χ1) is 15.5. The number of benzene rings is 1. The van der Waals surface area contributed by atoms with Gasteiger partial charge in [-0.1, -0.05) is 30.3 Å². The molecule has 0 bridgehead atoms. The number of hydrogen-bond donors (Lipinski definition) is 1. The maximum Gasteiger partial charge on any atom is 0.257 e. The minimum Gasteiger partial charge on any atom is -0.350 e. The van der Waals surface area contributed by atoms with Gasteiger partial charge in [-0.15, -0.1) is 0 Å². The standard InChI is InChI=1S/C27H29N3O2/c1-19-24(10-5-13-28-19)29-26(32)21-15-25-27(17-20-7-3-2-4-8-20)12-11-23(31)16-22(27)9-6-14-30(25)18-21/h2-5,7-8,10,13,15,18,22H,6,9,11-12,14,16-17H2,1H3,(H,29,32)/t22-,27-/m0/s1. The SMILES string of the molecule is Cc1ncccc1NC(=O)c1cc2n(c1)CCC[C@H]1CC(=O)CC[C@@]21Cc1ccccc1. The van der Waals surface area contributed by atoms with Crippen LogP contribution < -0.4 is 5.32 Å². The Morgan fingerprint density at radius 3 is 2.88 bits per heavy atom. The van der Waals surface area contributed by atoms with E-state index in [0.717, 1.165) is 43.6 Å². The number of ketones is 1. The fourth-order valence-electron chi connectivity index (χ4n) is 5.70. The normalized spacial score (nSPS) is 22.5. The van der Waals surface area contributed by atoms with Crippen LogP contribution in [0.4, 0.5) is 5.69 Å². The first-order valence-electron chi connectivity index (χ1n) is 11.5. The largest absolute Gasteiger partial charge is 0.350 e. The Morgan fingerprint density at radius 1 is 1.22 bits per heavy atom. The van der Waals surface area contributed by atoms with Crippen molar-refractivity contribution in [3.63, 3.8) is 0 Å². The van der Waals surface area contributed by atoms with Gasteiger partial charge >= 0.3 is 0 Å². The molecule has 1 aliphatic carbocycles. The molecule has 3 aromatic rings. The molecule has 2 aromatic heterocycles. The van der Waals surface area contributed by atoms with Crippen LogP contribution in [-0.2, 0) is 23.2 Å². The number of fused-ring (bicyclic) bond motifs is 3. The molecule has 5 heteroatoms. The van der Waals surface area contributed by atoms with E-state index in [2.05, 4.69) is 45.2 Å². The topological polar surface area (TPSA) is 64.0 Å². The van der Waals surface area contributed by atoms with E-state index in [9.17, 15) is 9.59 Å². The summed E-state index contributed by atoms with van der Waals surface area (Å²) in [5.74, 6) is 0.584. The number of nitrogens with zero attached hydrogens (tertiary/aromatic N) is 2. The van der Waals surface area contributed by atoms with Crippen LogP contribution >= 0.6 is 0 Å². The van der Waals surface area contributed by atoms with Crippen molar-refractivity contribution in [1.29, 1.82) is 0 Å². The average Bonchev–Trinajstić information content (AvgIpc) is 3.17. The van der Waals surface area contributed by atoms with Crippen molar-refractivity contribution >= 4 is 17.4 Å². The highest BCUT2D eigenvalue weighted by Crippen LogP contribution is 2.49. The highest BCUT2D eigenvalue weighted by atomic mass is 16.1. The van der Waals surface area contributed by atoms with E-state index in [1.807, 2.05) is 31.3 Å². The van der Waals surface area contributed by atoms with E-state index < -0.39 is 0 Å². The third kappa shape index (κ3) is 3.77. The van der Waals surface area contributed by atoms with Crippen molar-refractivity contribution in [3.8, 4) is 0 Å². The summed E-state index contributed by atoms with van der Waals surface area (Å²) in [6, 6.07) is 16.4. The summed E-state index contributed by atoms with van der Waals surface area (Å²) >= 11 is 0. The van der Waals surface area contributed by atoms with Crippen LogP contribution in [-0.4, -0.2) is 21.2 Å². The zero-order valence-electron chi connectivity index (χ0n) is 18.5. The first-order valence-corrected chi connectivity index (χ1v) is 11.5. The van der Waals surface area contributed by atoms with Gasteiger partial charge in [0, 0.05) is 42.9 Å². The number of anilines is 1. The Kier molecular flexibility index (Phi) is 5.41.